The lowest BCUT2D eigenvalue weighted by atomic mass is 10.2. The monoisotopic (exact) mass is 333 g/mol. The second-order valence-corrected chi connectivity index (χ2v) is 5.01. The Bertz CT molecular complexity index is 726. The molecule has 0 bridgehead atoms. The fourth-order valence-corrected chi connectivity index (χ4v) is 2.01. The van der Waals surface area contributed by atoms with Gasteiger partial charge >= 0.3 is 0 Å². The lowest BCUT2D eigenvalue weighted by Gasteiger charge is -2.10. The van der Waals surface area contributed by atoms with Crippen LogP contribution in [0.15, 0.2) is 28.8 Å². The molecule has 1 aromatic heterocycles. The maximum atomic E-state index is 11.8. The first-order valence-electron chi connectivity index (χ1n) is 7.22. The average Bonchev–Trinajstić information content (AvgIpc) is 2.97. The molecular formula is C16H19N3O5. The number of amides is 2. The van der Waals surface area contributed by atoms with Gasteiger partial charge < -0.3 is 24.6 Å². The highest BCUT2D eigenvalue weighted by Crippen LogP contribution is 2.27. The molecule has 0 saturated carbocycles. The minimum atomic E-state index is -0.465. The average molecular weight is 333 g/mol. The van der Waals surface area contributed by atoms with E-state index in [1.165, 1.54) is 7.11 Å². The zero-order chi connectivity index (χ0) is 17.5. The summed E-state index contributed by atoms with van der Waals surface area (Å²) in [6.07, 6.45) is -0.306. The normalized spacial score (nSPS) is 10.1. The maximum Gasteiger partial charge on any atom is 0.235 e. The molecular weight excluding hydrogens is 314 g/mol. The smallest absolute Gasteiger partial charge is 0.235 e. The third-order valence-corrected chi connectivity index (χ3v) is 3.15. The number of ether oxygens (including phenoxy) is 2. The Hall–Kier alpha value is -3.03. The van der Waals surface area contributed by atoms with Crippen molar-refractivity contribution in [3.05, 3.63) is 35.6 Å². The molecule has 0 aliphatic rings. The van der Waals surface area contributed by atoms with E-state index in [1.54, 1.807) is 38.3 Å². The summed E-state index contributed by atoms with van der Waals surface area (Å²) in [5, 5.41) is 8.78. The summed E-state index contributed by atoms with van der Waals surface area (Å²) in [5.41, 5.74) is 0.827. The van der Waals surface area contributed by atoms with Gasteiger partial charge in [0.05, 0.1) is 14.2 Å². The molecule has 0 unspecified atom stereocenters. The second-order valence-electron chi connectivity index (χ2n) is 5.01. The fourth-order valence-electron chi connectivity index (χ4n) is 2.01. The molecule has 8 nitrogen and oxygen atoms in total. The summed E-state index contributed by atoms with van der Waals surface area (Å²) in [6, 6.07) is 6.89. The number of methoxy groups -OCH3 is 2. The molecule has 0 spiro atoms. The molecule has 2 aromatic rings. The van der Waals surface area contributed by atoms with Gasteiger partial charge in [0.1, 0.15) is 12.2 Å². The van der Waals surface area contributed by atoms with Crippen LogP contribution < -0.4 is 20.1 Å². The van der Waals surface area contributed by atoms with Gasteiger partial charge in [-0.15, -0.1) is 0 Å². The van der Waals surface area contributed by atoms with Crippen LogP contribution in [0.3, 0.4) is 0 Å². The first-order valence-corrected chi connectivity index (χ1v) is 7.22. The molecule has 24 heavy (non-hydrogen) atoms. The van der Waals surface area contributed by atoms with Crippen LogP contribution in [0.25, 0.3) is 0 Å². The third kappa shape index (κ3) is 4.73. The minimum absolute atomic E-state index is 0.273. The van der Waals surface area contributed by atoms with Crippen LogP contribution in [-0.2, 0) is 16.1 Å². The van der Waals surface area contributed by atoms with Gasteiger partial charge in [-0.2, -0.15) is 0 Å². The van der Waals surface area contributed by atoms with E-state index in [1.807, 2.05) is 0 Å². The van der Waals surface area contributed by atoms with Crippen molar-refractivity contribution in [1.82, 2.24) is 10.5 Å². The van der Waals surface area contributed by atoms with Crippen molar-refractivity contribution in [1.29, 1.82) is 0 Å². The highest BCUT2D eigenvalue weighted by atomic mass is 16.5. The number of nitrogens with zero attached hydrogens (tertiary/aromatic N) is 1. The van der Waals surface area contributed by atoms with E-state index < -0.39 is 11.8 Å². The van der Waals surface area contributed by atoms with Crippen LogP contribution in [0.5, 0.6) is 11.5 Å². The zero-order valence-corrected chi connectivity index (χ0v) is 13.7. The van der Waals surface area contributed by atoms with Crippen LogP contribution in [0.2, 0.25) is 0 Å². The molecule has 0 aliphatic heterocycles. The van der Waals surface area contributed by atoms with Crippen molar-refractivity contribution in [2.24, 2.45) is 0 Å². The molecule has 0 saturated heterocycles. The summed E-state index contributed by atoms with van der Waals surface area (Å²) in [4.78, 5) is 23.6. The van der Waals surface area contributed by atoms with Gasteiger partial charge in [0.15, 0.2) is 17.3 Å². The molecule has 2 amide bonds. The van der Waals surface area contributed by atoms with Gasteiger partial charge in [-0.1, -0.05) is 11.2 Å². The molecule has 1 heterocycles. The van der Waals surface area contributed by atoms with Crippen molar-refractivity contribution < 1.29 is 23.6 Å². The van der Waals surface area contributed by atoms with E-state index in [0.29, 0.717) is 17.3 Å². The van der Waals surface area contributed by atoms with Gasteiger partial charge in [0.2, 0.25) is 11.8 Å². The predicted molar refractivity (Wildman–Crippen MR) is 85.9 cm³/mol. The Morgan fingerprint density at radius 3 is 2.50 bits per heavy atom. The van der Waals surface area contributed by atoms with E-state index in [4.69, 9.17) is 14.0 Å². The van der Waals surface area contributed by atoms with Gasteiger partial charge in [-0.25, -0.2) is 0 Å². The number of aromatic nitrogens is 1. The van der Waals surface area contributed by atoms with E-state index in [-0.39, 0.29) is 18.8 Å². The number of carbonyl (C=O) groups is 2. The summed E-state index contributed by atoms with van der Waals surface area (Å²) in [5.74, 6) is 1.17. The Labute approximate surface area is 139 Å². The Kier molecular flexibility index (Phi) is 5.78. The van der Waals surface area contributed by atoms with Crippen LogP contribution in [0.4, 0.5) is 5.82 Å². The van der Waals surface area contributed by atoms with E-state index in [2.05, 4.69) is 15.8 Å². The summed E-state index contributed by atoms with van der Waals surface area (Å²) >= 11 is 0. The molecule has 0 radical (unpaired) electrons. The van der Waals surface area contributed by atoms with Crippen molar-refractivity contribution in [2.75, 3.05) is 19.5 Å². The lowest BCUT2D eigenvalue weighted by Crippen LogP contribution is -2.27. The Morgan fingerprint density at radius 1 is 1.12 bits per heavy atom. The predicted octanol–water partition coefficient (Wildman–Crippen LogP) is 1.65. The highest BCUT2D eigenvalue weighted by Gasteiger charge is 2.12. The van der Waals surface area contributed by atoms with Gasteiger partial charge in [-0.05, 0) is 24.6 Å². The molecule has 2 rings (SSSR count). The molecule has 0 atom stereocenters. The summed E-state index contributed by atoms with van der Waals surface area (Å²) < 4.78 is 15.2. The minimum Gasteiger partial charge on any atom is -0.493 e. The summed E-state index contributed by atoms with van der Waals surface area (Å²) in [7, 11) is 3.09. The van der Waals surface area contributed by atoms with Crippen LogP contribution in [-0.4, -0.2) is 31.2 Å². The van der Waals surface area contributed by atoms with Gasteiger partial charge in [-0.3, -0.25) is 9.59 Å². The highest BCUT2D eigenvalue weighted by molar-refractivity contribution is 6.03. The maximum absolute atomic E-state index is 11.8. The molecule has 128 valence electrons. The number of benzene rings is 1. The molecule has 8 heteroatoms. The van der Waals surface area contributed by atoms with E-state index >= 15 is 0 Å². The van der Waals surface area contributed by atoms with Crippen LogP contribution >= 0.6 is 0 Å². The van der Waals surface area contributed by atoms with Gasteiger partial charge in [0.25, 0.3) is 0 Å². The SMILES string of the molecule is COc1ccc(CNC(=O)CC(=O)Nc2cc(C)on2)cc1OC. The lowest BCUT2D eigenvalue weighted by molar-refractivity contribution is -0.126. The Morgan fingerprint density at radius 2 is 1.88 bits per heavy atom. The number of hydrogen-bond acceptors (Lipinski definition) is 6. The van der Waals surface area contributed by atoms with Crippen LogP contribution in [0.1, 0.15) is 17.7 Å². The first-order chi connectivity index (χ1) is 11.5. The quantitative estimate of drug-likeness (QED) is 0.747. The van der Waals surface area contributed by atoms with Gasteiger partial charge in [0, 0.05) is 12.6 Å². The number of aryl methyl sites for hydroxylation is 1. The molecule has 1 aromatic carbocycles. The number of rotatable bonds is 7. The summed E-state index contributed by atoms with van der Waals surface area (Å²) in [6.45, 7) is 1.98. The topological polar surface area (TPSA) is 103 Å². The van der Waals surface area contributed by atoms with Crippen molar-refractivity contribution >= 4 is 17.6 Å². The zero-order valence-electron chi connectivity index (χ0n) is 13.7. The molecule has 2 N–H and O–H groups in total. The largest absolute Gasteiger partial charge is 0.493 e. The number of nitrogens with one attached hydrogen (secondary N) is 2. The van der Waals surface area contributed by atoms with Crippen LogP contribution in [0, 0.1) is 6.92 Å². The number of anilines is 1. The van der Waals surface area contributed by atoms with E-state index in [9.17, 15) is 9.59 Å². The number of hydrogen-bond donors (Lipinski definition) is 2. The second kappa shape index (κ2) is 8.00. The number of carbonyl (C=O) groups excluding carboxylic acids is 2. The molecule has 0 fully saturated rings. The third-order valence-electron chi connectivity index (χ3n) is 3.15. The van der Waals surface area contributed by atoms with E-state index in [0.717, 1.165) is 5.56 Å². The fraction of sp³-hybridized carbons (Fsp3) is 0.312. The molecule has 0 aliphatic carbocycles. The van der Waals surface area contributed by atoms with Crippen molar-refractivity contribution in [2.45, 2.75) is 19.9 Å². The van der Waals surface area contributed by atoms with Crippen molar-refractivity contribution in [3.63, 3.8) is 0 Å². The standard InChI is InChI=1S/C16H19N3O5/c1-10-6-14(19-24-10)18-16(21)8-15(20)17-9-11-4-5-12(22-2)13(7-11)23-3/h4-7H,8-9H2,1-3H3,(H,17,20)(H,18,19,21). The Balaban J connectivity index is 1.83. The first kappa shape index (κ1) is 17.3. The van der Waals surface area contributed by atoms with Crippen molar-refractivity contribution in [3.8, 4) is 11.5 Å².